The molecule has 204 valence electrons. The molecule has 0 aliphatic heterocycles. The standard InChI is InChI=1S/C29H36N2O6S/c1-35-28-10-6-9-23-15-22(11-13-26(23)28)17-30-18-24(32)20-36-25-12-14-29(27(16-25)31-38(2,33)34)37-19-21-7-4-3-5-8-21/h3-10,12,14,16,22,24,30-32H,11,13,15,17-20H2,1-2H3/t22?,24-/m1/s1. The van der Waals surface area contributed by atoms with Gasteiger partial charge in [-0.05, 0) is 66.6 Å². The molecule has 0 radical (unpaired) electrons. The molecular formula is C29H36N2O6S. The van der Waals surface area contributed by atoms with Gasteiger partial charge in [0.15, 0.2) is 0 Å². The van der Waals surface area contributed by atoms with Crippen LogP contribution >= 0.6 is 0 Å². The van der Waals surface area contributed by atoms with E-state index >= 15 is 0 Å². The average Bonchev–Trinajstić information content (AvgIpc) is 2.90. The van der Waals surface area contributed by atoms with Crippen molar-refractivity contribution in [1.82, 2.24) is 5.32 Å². The highest BCUT2D eigenvalue weighted by Gasteiger charge is 2.21. The van der Waals surface area contributed by atoms with Crippen molar-refractivity contribution in [2.45, 2.75) is 32.0 Å². The molecule has 2 atom stereocenters. The number of anilines is 1. The van der Waals surface area contributed by atoms with E-state index in [1.165, 1.54) is 11.1 Å². The molecule has 0 saturated heterocycles. The molecule has 4 rings (SSSR count). The molecule has 0 amide bonds. The number of hydrogen-bond acceptors (Lipinski definition) is 7. The molecule has 0 saturated carbocycles. The third kappa shape index (κ3) is 8.11. The third-order valence-electron chi connectivity index (χ3n) is 6.50. The molecule has 0 heterocycles. The van der Waals surface area contributed by atoms with E-state index in [4.69, 9.17) is 14.2 Å². The van der Waals surface area contributed by atoms with E-state index < -0.39 is 16.1 Å². The van der Waals surface area contributed by atoms with Crippen LogP contribution in [-0.4, -0.2) is 52.7 Å². The van der Waals surface area contributed by atoms with E-state index in [0.717, 1.165) is 43.4 Å². The molecule has 38 heavy (non-hydrogen) atoms. The van der Waals surface area contributed by atoms with E-state index in [1.807, 2.05) is 42.5 Å². The van der Waals surface area contributed by atoms with Gasteiger partial charge in [0, 0.05) is 12.6 Å². The second kappa shape index (κ2) is 13.0. The van der Waals surface area contributed by atoms with Crippen molar-refractivity contribution < 1.29 is 27.7 Å². The lowest BCUT2D eigenvalue weighted by molar-refractivity contribution is 0.105. The number of aliphatic hydroxyl groups excluding tert-OH is 1. The Balaban J connectivity index is 1.26. The minimum Gasteiger partial charge on any atom is -0.496 e. The highest BCUT2D eigenvalue weighted by atomic mass is 32.2. The van der Waals surface area contributed by atoms with Crippen LogP contribution in [0.4, 0.5) is 5.69 Å². The van der Waals surface area contributed by atoms with Crippen LogP contribution < -0.4 is 24.2 Å². The van der Waals surface area contributed by atoms with E-state index in [9.17, 15) is 13.5 Å². The third-order valence-corrected chi connectivity index (χ3v) is 7.09. The summed E-state index contributed by atoms with van der Waals surface area (Å²) in [7, 11) is -1.82. The second-order valence-electron chi connectivity index (χ2n) is 9.64. The topological polar surface area (TPSA) is 106 Å². The quantitative estimate of drug-likeness (QED) is 0.303. The van der Waals surface area contributed by atoms with Crippen LogP contribution in [-0.2, 0) is 29.5 Å². The summed E-state index contributed by atoms with van der Waals surface area (Å²) in [5, 5.41) is 13.8. The second-order valence-corrected chi connectivity index (χ2v) is 11.4. The Morgan fingerprint density at radius 1 is 1.03 bits per heavy atom. The molecule has 3 N–H and O–H groups in total. The Labute approximate surface area is 225 Å². The lowest BCUT2D eigenvalue weighted by Gasteiger charge is -2.26. The fraction of sp³-hybridized carbons (Fsp3) is 0.379. The predicted octanol–water partition coefficient (Wildman–Crippen LogP) is 3.78. The molecule has 0 aromatic heterocycles. The summed E-state index contributed by atoms with van der Waals surface area (Å²) in [6, 6.07) is 20.7. The Bertz CT molecular complexity index is 1300. The molecule has 8 nitrogen and oxygen atoms in total. The zero-order valence-electron chi connectivity index (χ0n) is 21.9. The summed E-state index contributed by atoms with van der Waals surface area (Å²) in [6.07, 6.45) is 3.42. The first-order valence-corrected chi connectivity index (χ1v) is 14.6. The van der Waals surface area contributed by atoms with Gasteiger partial charge in [-0.15, -0.1) is 0 Å². The van der Waals surface area contributed by atoms with Crippen LogP contribution in [0, 0.1) is 5.92 Å². The zero-order valence-corrected chi connectivity index (χ0v) is 22.7. The molecule has 1 aliphatic rings. The maximum atomic E-state index is 11.9. The van der Waals surface area contributed by atoms with Crippen molar-refractivity contribution in [3.8, 4) is 17.2 Å². The van der Waals surface area contributed by atoms with Gasteiger partial charge in [-0.1, -0.05) is 42.5 Å². The monoisotopic (exact) mass is 540 g/mol. The van der Waals surface area contributed by atoms with Crippen molar-refractivity contribution in [2.75, 3.05) is 37.8 Å². The summed E-state index contributed by atoms with van der Waals surface area (Å²) in [6.45, 7) is 1.57. The number of aliphatic hydroxyl groups is 1. The van der Waals surface area contributed by atoms with Crippen molar-refractivity contribution in [3.05, 3.63) is 83.4 Å². The number of ether oxygens (including phenoxy) is 3. The molecular weight excluding hydrogens is 504 g/mol. The van der Waals surface area contributed by atoms with E-state index in [-0.39, 0.29) is 12.3 Å². The molecule has 3 aromatic rings. The highest BCUT2D eigenvalue weighted by molar-refractivity contribution is 7.92. The maximum absolute atomic E-state index is 11.9. The highest BCUT2D eigenvalue weighted by Crippen LogP contribution is 2.32. The van der Waals surface area contributed by atoms with Gasteiger partial charge in [0.1, 0.15) is 36.6 Å². The van der Waals surface area contributed by atoms with Gasteiger partial charge in [-0.2, -0.15) is 0 Å². The summed E-state index contributed by atoms with van der Waals surface area (Å²) >= 11 is 0. The van der Waals surface area contributed by atoms with E-state index in [1.54, 1.807) is 25.3 Å². The minimum absolute atomic E-state index is 0.0697. The number of sulfonamides is 1. The molecule has 1 aliphatic carbocycles. The Morgan fingerprint density at radius 3 is 2.61 bits per heavy atom. The van der Waals surface area contributed by atoms with Crippen LogP contribution in [0.5, 0.6) is 17.2 Å². The number of fused-ring (bicyclic) bond motifs is 1. The average molecular weight is 541 g/mol. The number of rotatable bonds is 13. The molecule has 0 spiro atoms. The predicted molar refractivity (Wildman–Crippen MR) is 149 cm³/mol. The normalized spacial score (nSPS) is 15.8. The Hall–Kier alpha value is -3.27. The Morgan fingerprint density at radius 2 is 1.84 bits per heavy atom. The van der Waals surface area contributed by atoms with Gasteiger partial charge in [0.25, 0.3) is 0 Å². The van der Waals surface area contributed by atoms with Crippen molar-refractivity contribution in [3.63, 3.8) is 0 Å². The minimum atomic E-state index is -3.53. The molecule has 3 aromatic carbocycles. The van der Waals surface area contributed by atoms with Gasteiger partial charge in [-0.25, -0.2) is 8.42 Å². The molecule has 1 unspecified atom stereocenters. The summed E-state index contributed by atoms with van der Waals surface area (Å²) < 4.78 is 43.4. The lowest BCUT2D eigenvalue weighted by Crippen LogP contribution is -2.35. The summed E-state index contributed by atoms with van der Waals surface area (Å²) in [4.78, 5) is 0. The molecule has 0 fully saturated rings. The van der Waals surface area contributed by atoms with Gasteiger partial charge < -0.3 is 24.6 Å². The van der Waals surface area contributed by atoms with Crippen LogP contribution in [0.3, 0.4) is 0 Å². The van der Waals surface area contributed by atoms with Crippen molar-refractivity contribution in [1.29, 1.82) is 0 Å². The summed E-state index contributed by atoms with van der Waals surface area (Å²) in [5.74, 6) is 2.28. The van der Waals surface area contributed by atoms with Crippen molar-refractivity contribution >= 4 is 15.7 Å². The van der Waals surface area contributed by atoms with Crippen LogP contribution in [0.1, 0.15) is 23.1 Å². The summed E-state index contributed by atoms with van der Waals surface area (Å²) in [5.41, 5.74) is 3.88. The van der Waals surface area contributed by atoms with Crippen molar-refractivity contribution in [2.24, 2.45) is 5.92 Å². The molecule has 9 heteroatoms. The van der Waals surface area contributed by atoms with E-state index in [2.05, 4.69) is 16.1 Å². The lowest BCUT2D eigenvalue weighted by atomic mass is 9.83. The first-order valence-electron chi connectivity index (χ1n) is 12.8. The SMILES string of the molecule is COc1cccc2c1CCC(CNC[C@@H](O)COc1ccc(OCc3ccccc3)c(NS(C)(=O)=O)c1)C2. The first-order chi connectivity index (χ1) is 18.3. The number of hydrogen-bond donors (Lipinski definition) is 3. The smallest absolute Gasteiger partial charge is 0.229 e. The Kier molecular flexibility index (Phi) is 9.49. The number of nitrogens with one attached hydrogen (secondary N) is 2. The maximum Gasteiger partial charge on any atom is 0.229 e. The van der Waals surface area contributed by atoms with Crippen LogP contribution in [0.2, 0.25) is 0 Å². The van der Waals surface area contributed by atoms with Gasteiger partial charge in [0.05, 0.1) is 19.1 Å². The van der Waals surface area contributed by atoms with Crippen LogP contribution in [0.15, 0.2) is 66.7 Å². The largest absolute Gasteiger partial charge is 0.496 e. The number of benzene rings is 3. The van der Waals surface area contributed by atoms with Gasteiger partial charge in [-0.3, -0.25) is 4.72 Å². The van der Waals surface area contributed by atoms with Gasteiger partial charge in [0.2, 0.25) is 10.0 Å². The first kappa shape index (κ1) is 27.8. The molecule has 0 bridgehead atoms. The zero-order chi connectivity index (χ0) is 27.0. The van der Waals surface area contributed by atoms with Crippen LogP contribution in [0.25, 0.3) is 0 Å². The number of methoxy groups -OCH3 is 1. The fourth-order valence-corrected chi connectivity index (χ4v) is 5.22. The van der Waals surface area contributed by atoms with Gasteiger partial charge >= 0.3 is 0 Å². The van der Waals surface area contributed by atoms with E-state index in [0.29, 0.717) is 30.6 Å². The fourth-order valence-electron chi connectivity index (χ4n) is 4.66.